The number of thioether (sulfide) groups is 1. The lowest BCUT2D eigenvalue weighted by Gasteiger charge is -2.31. The Labute approximate surface area is 433 Å². The Hall–Kier alpha value is -6.89. The lowest BCUT2D eigenvalue weighted by molar-refractivity contribution is -0.128. The first kappa shape index (κ1) is 58.7. The molecular weight excluding hydrogens is 951 g/mol. The number of nitrogens with two attached hydrogens (primary N) is 5. The maximum Gasteiger partial charge on any atom is 0.296 e. The molecule has 2 aromatic carbocycles. The first-order valence-corrected chi connectivity index (χ1v) is 25.4. The number of aliphatic hydroxyl groups is 1. The van der Waals surface area contributed by atoms with Crippen LogP contribution in [0.25, 0.3) is 5.70 Å². The molecule has 3 aromatic rings. The number of nitrogens with one attached hydrogen (secondary N) is 4. The van der Waals surface area contributed by atoms with Crippen molar-refractivity contribution in [3.05, 3.63) is 88.8 Å². The number of anilines is 3. The second kappa shape index (κ2) is 30.9. The van der Waals surface area contributed by atoms with Crippen molar-refractivity contribution in [1.29, 1.82) is 0 Å². The van der Waals surface area contributed by atoms with Crippen LogP contribution in [-0.2, 0) is 30.5 Å². The Morgan fingerprint density at radius 2 is 1.67 bits per heavy atom. The van der Waals surface area contributed by atoms with Crippen molar-refractivity contribution in [1.82, 2.24) is 40.7 Å². The van der Waals surface area contributed by atoms with E-state index >= 15 is 0 Å². The molecule has 21 nitrogen and oxygen atoms in total. The number of hydrazine groups is 2. The first-order valence-electron chi connectivity index (χ1n) is 24.4. The lowest BCUT2D eigenvalue weighted by atomic mass is 9.96. The van der Waals surface area contributed by atoms with E-state index in [9.17, 15) is 24.3 Å². The zero-order valence-corrected chi connectivity index (χ0v) is 43.3. The van der Waals surface area contributed by atoms with E-state index in [1.807, 2.05) is 38.1 Å². The molecular formula is C51H73N15O6S. The van der Waals surface area contributed by atoms with Gasteiger partial charge in [0, 0.05) is 86.3 Å². The minimum Gasteiger partial charge on any atom is -0.397 e. The van der Waals surface area contributed by atoms with E-state index in [1.165, 1.54) is 46.1 Å². The van der Waals surface area contributed by atoms with Crippen molar-refractivity contribution in [3.8, 4) is 23.7 Å². The number of amides is 4. The van der Waals surface area contributed by atoms with Crippen molar-refractivity contribution in [2.24, 2.45) is 29.1 Å². The molecule has 5 rings (SSSR count). The second-order valence-electron chi connectivity index (χ2n) is 16.8. The molecule has 0 bridgehead atoms. The van der Waals surface area contributed by atoms with E-state index in [1.54, 1.807) is 31.2 Å². The number of aliphatic hydroxyl groups excluding tert-OH is 1. The van der Waals surface area contributed by atoms with E-state index in [0.29, 0.717) is 96.9 Å². The molecule has 2 fully saturated rings. The number of benzene rings is 2. The van der Waals surface area contributed by atoms with Crippen LogP contribution in [0.2, 0.25) is 0 Å². The molecule has 1 aromatic heterocycles. The van der Waals surface area contributed by atoms with E-state index in [2.05, 4.69) is 66.7 Å². The quantitative estimate of drug-likeness (QED) is 0.0129. The number of nitrogen functional groups attached to an aromatic ring is 1. The molecule has 3 atom stereocenters. The number of likely N-dealkylation sites (N-methyl/N-ethyl adjacent to an activating group) is 1. The second-order valence-corrected chi connectivity index (χ2v) is 17.9. The Morgan fingerprint density at radius 3 is 2.32 bits per heavy atom. The van der Waals surface area contributed by atoms with Gasteiger partial charge in [-0.15, -0.1) is 0 Å². The number of carbonyl (C=O) groups is 4. The molecule has 2 saturated heterocycles. The van der Waals surface area contributed by atoms with E-state index in [0.717, 1.165) is 36.4 Å². The third kappa shape index (κ3) is 18.3. The van der Waals surface area contributed by atoms with Crippen LogP contribution in [0.3, 0.4) is 0 Å². The number of aromatic nitrogens is 2. The van der Waals surface area contributed by atoms with Gasteiger partial charge in [-0.05, 0) is 74.7 Å². The summed E-state index contributed by atoms with van der Waals surface area (Å²) in [5.41, 5.74) is 22.4. The molecule has 15 N–H and O–H groups in total. The highest BCUT2D eigenvalue weighted by atomic mass is 32.2. The van der Waals surface area contributed by atoms with Crippen molar-refractivity contribution in [2.75, 3.05) is 81.3 Å². The van der Waals surface area contributed by atoms with Crippen molar-refractivity contribution in [3.63, 3.8) is 0 Å². The predicted octanol–water partition coefficient (Wildman–Crippen LogP) is 1.20. The van der Waals surface area contributed by atoms with Gasteiger partial charge in [0.1, 0.15) is 18.0 Å². The largest absolute Gasteiger partial charge is 0.397 e. The molecule has 4 amide bonds. The number of rotatable bonds is 22. The zero-order chi connectivity index (χ0) is 53.3. The zero-order valence-electron chi connectivity index (χ0n) is 42.5. The Bertz CT molecular complexity index is 2460. The number of likely N-dealkylation sites (tertiary alicyclic amines) is 1. The van der Waals surface area contributed by atoms with E-state index < -0.39 is 24.3 Å². The minimum atomic E-state index is -0.764. The van der Waals surface area contributed by atoms with Gasteiger partial charge in [-0.2, -0.15) is 0 Å². The monoisotopic (exact) mass is 1020 g/mol. The van der Waals surface area contributed by atoms with Gasteiger partial charge in [-0.25, -0.2) is 21.7 Å². The molecule has 2 aliphatic rings. The van der Waals surface area contributed by atoms with Crippen LogP contribution in [0, 0.1) is 29.6 Å². The summed E-state index contributed by atoms with van der Waals surface area (Å²) in [4.78, 5) is 61.8. The number of hydrogen-bond donors (Lipinski definition) is 10. The average Bonchev–Trinajstić information content (AvgIpc) is 3.85. The highest BCUT2D eigenvalue weighted by molar-refractivity contribution is 7.99. The molecule has 22 heteroatoms. The van der Waals surface area contributed by atoms with Crippen LogP contribution in [-0.4, -0.2) is 138 Å². The Morgan fingerprint density at radius 1 is 0.986 bits per heavy atom. The highest BCUT2D eigenvalue weighted by Crippen LogP contribution is 2.31. The van der Waals surface area contributed by atoms with E-state index in [4.69, 9.17) is 33.6 Å². The Balaban J connectivity index is 0.00000570. The van der Waals surface area contributed by atoms with Gasteiger partial charge in [0.2, 0.25) is 18.2 Å². The van der Waals surface area contributed by atoms with Gasteiger partial charge >= 0.3 is 0 Å². The van der Waals surface area contributed by atoms with Gasteiger partial charge in [-0.1, -0.05) is 74.6 Å². The van der Waals surface area contributed by atoms with Gasteiger partial charge in [-0.3, -0.25) is 29.1 Å². The summed E-state index contributed by atoms with van der Waals surface area (Å²) in [5.74, 6) is 25.4. The summed E-state index contributed by atoms with van der Waals surface area (Å²) >= 11 is 1.54. The van der Waals surface area contributed by atoms with Crippen molar-refractivity contribution < 1.29 is 29.0 Å². The molecule has 73 heavy (non-hydrogen) atoms. The molecule has 394 valence electrons. The molecule has 0 aliphatic carbocycles. The van der Waals surface area contributed by atoms with E-state index in [-0.39, 0.29) is 37.3 Å². The van der Waals surface area contributed by atoms with Gasteiger partial charge in [0.25, 0.3) is 5.91 Å². The van der Waals surface area contributed by atoms with Crippen LogP contribution in [0.15, 0.2) is 71.7 Å². The first-order chi connectivity index (χ1) is 35.3. The summed E-state index contributed by atoms with van der Waals surface area (Å²) in [5, 5.41) is 24.8. The van der Waals surface area contributed by atoms with Crippen molar-refractivity contribution >= 4 is 58.9 Å². The summed E-state index contributed by atoms with van der Waals surface area (Å²) in [6.07, 6.45) is 4.57. The van der Waals surface area contributed by atoms with Gasteiger partial charge in [0.15, 0.2) is 16.8 Å². The molecule has 0 saturated carbocycles. The third-order valence-corrected chi connectivity index (χ3v) is 12.6. The van der Waals surface area contributed by atoms with Crippen LogP contribution in [0.4, 0.5) is 17.3 Å². The fraction of sp³-hybridized carbons (Fsp3) is 0.451. The summed E-state index contributed by atoms with van der Waals surface area (Å²) < 4.78 is 5.88. The molecule has 3 heterocycles. The fourth-order valence-electron chi connectivity index (χ4n) is 7.66. The Kier molecular flexibility index (Phi) is 24.8. The highest BCUT2D eigenvalue weighted by Gasteiger charge is 2.40. The number of hydrogen-bond acceptors (Lipinski definition) is 18. The number of carbonyl (C=O) groups excluding carboxylic acids is 4. The average molecular weight is 1020 g/mol. The van der Waals surface area contributed by atoms with Gasteiger partial charge < -0.3 is 58.2 Å². The normalized spacial score (nSPS) is 16.8. The molecule has 0 radical (unpaired) electrons. The van der Waals surface area contributed by atoms with Crippen LogP contribution in [0.1, 0.15) is 75.6 Å². The predicted molar refractivity (Wildman–Crippen MR) is 287 cm³/mol. The standard InChI is InChI=1S/C49H67N15O6S.C2H6/c1-4-26-71-49-59-45(57-21-19-50)44(52)46(60-49)64(54)29-36-9-7-34(8-10-36)6-5-20-58-48(69)38-17-23-61(24-18-38)25-22-56-42(67)16-13-35-11-14-37(15-12-35)39(51)30-63(53)40-27-43(70-41(40)31-65)62(32-66)28-33(2)47(68)55-3;1-2/h7-12,14-15,28,30,32,38,40-41,43,65H,4,17-27,29,31,50-54H2,1-3H3,(H,55,68)(H,56,67)(H,58,69)(H,57,59,60);1-2H3/b33-28-,39-30-;. The smallest absolute Gasteiger partial charge is 0.296 e. The number of piperidine rings is 1. The lowest BCUT2D eigenvalue weighted by Crippen LogP contribution is -2.43. The minimum absolute atomic E-state index is 0.0200. The van der Waals surface area contributed by atoms with Crippen LogP contribution >= 0.6 is 11.8 Å². The van der Waals surface area contributed by atoms with Crippen molar-refractivity contribution in [2.45, 2.75) is 83.5 Å². The van der Waals surface area contributed by atoms with Gasteiger partial charge in [0.05, 0.1) is 31.4 Å². The summed E-state index contributed by atoms with van der Waals surface area (Å²) in [6.45, 7) is 11.3. The number of nitrogens with zero attached hydrogens (tertiary/aromatic N) is 6. The topological polar surface area (TPSA) is 315 Å². The van der Waals surface area contributed by atoms with Crippen LogP contribution in [0.5, 0.6) is 0 Å². The van der Waals surface area contributed by atoms with Crippen LogP contribution < -0.4 is 55.2 Å². The third-order valence-electron chi connectivity index (χ3n) is 11.6. The summed E-state index contributed by atoms with van der Waals surface area (Å²) in [6, 6.07) is 14.1. The number of ether oxygens (including phenoxy) is 1. The summed E-state index contributed by atoms with van der Waals surface area (Å²) in [7, 11) is 1.49. The fourth-order valence-corrected chi connectivity index (χ4v) is 8.35. The molecule has 0 spiro atoms. The molecule has 3 unspecified atom stereocenters. The molecule has 2 aliphatic heterocycles. The maximum absolute atomic E-state index is 12.9. The maximum atomic E-state index is 12.9. The SMILES string of the molecule is CC.CCCSc1nc(NCCN)c(N)c(N(N)Cc2ccc(C#CCNC(=O)C3CCN(CCNC(=O)C#Cc4ccc(/C(N)=C/N(N)C5CC(N(C=O)/C=C(/C)C(=O)NC)OC5CO)cc4)CC3)cc2)n1.